The molecule has 3 rings (SSSR count). The molecule has 0 amide bonds. The molecule has 0 radical (unpaired) electrons. The van der Waals surface area contributed by atoms with Crippen LogP contribution in [-0.4, -0.2) is 4.98 Å². The summed E-state index contributed by atoms with van der Waals surface area (Å²) in [5, 5.41) is 2.26. The number of aromatic nitrogens is 1. The van der Waals surface area contributed by atoms with E-state index < -0.39 is 0 Å². The van der Waals surface area contributed by atoms with Crippen LogP contribution in [0.2, 0.25) is 0 Å². The van der Waals surface area contributed by atoms with Crippen molar-refractivity contribution in [3.05, 3.63) is 61.4 Å². The minimum atomic E-state index is -0.106. The van der Waals surface area contributed by atoms with Crippen LogP contribution in [-0.2, 0) is 0 Å². The monoisotopic (exact) mass is 411 g/mol. The molecule has 2 heterocycles. The summed E-state index contributed by atoms with van der Waals surface area (Å²) in [5.74, 6) is 5.80. The number of rotatable bonds is 3. The Hall–Kier alpha value is -0.790. The fourth-order valence-electron chi connectivity index (χ4n) is 2.27. The Morgan fingerprint density at radius 1 is 1.15 bits per heavy atom. The van der Waals surface area contributed by atoms with Gasteiger partial charge in [-0.25, -0.2) is 5.43 Å². The van der Waals surface area contributed by atoms with Crippen molar-refractivity contribution in [1.29, 1.82) is 0 Å². The maximum absolute atomic E-state index is 5.80. The Bertz CT molecular complexity index is 752. The predicted molar refractivity (Wildman–Crippen MR) is 90.6 cm³/mol. The summed E-state index contributed by atoms with van der Waals surface area (Å²) in [5.41, 5.74) is 5.06. The average molecular weight is 413 g/mol. The van der Waals surface area contributed by atoms with Crippen molar-refractivity contribution in [1.82, 2.24) is 10.4 Å². The van der Waals surface area contributed by atoms with Crippen LogP contribution in [0.15, 0.2) is 50.3 Å². The van der Waals surface area contributed by atoms with Gasteiger partial charge in [0.2, 0.25) is 0 Å². The number of nitrogens with one attached hydrogen (secondary N) is 1. The predicted octanol–water partition coefficient (Wildman–Crippen LogP) is 4.37. The lowest BCUT2D eigenvalue weighted by atomic mass is 9.98. The van der Waals surface area contributed by atoms with E-state index in [0.717, 1.165) is 29.5 Å². The Kier molecular flexibility index (Phi) is 4.18. The second kappa shape index (κ2) is 5.91. The van der Waals surface area contributed by atoms with E-state index >= 15 is 0 Å². The van der Waals surface area contributed by atoms with Crippen molar-refractivity contribution < 1.29 is 0 Å². The third-order valence-electron chi connectivity index (χ3n) is 3.17. The van der Waals surface area contributed by atoms with E-state index in [1.54, 1.807) is 11.3 Å². The summed E-state index contributed by atoms with van der Waals surface area (Å²) in [4.78, 5) is 4.32. The van der Waals surface area contributed by atoms with Crippen LogP contribution in [0.4, 0.5) is 0 Å². The maximum atomic E-state index is 5.80. The highest BCUT2D eigenvalue weighted by atomic mass is 79.9. The molecule has 20 heavy (non-hydrogen) atoms. The average Bonchev–Trinajstić information content (AvgIpc) is 2.79. The van der Waals surface area contributed by atoms with Crippen LogP contribution in [0.1, 0.15) is 17.2 Å². The van der Waals surface area contributed by atoms with Gasteiger partial charge in [-0.1, -0.05) is 24.3 Å². The van der Waals surface area contributed by atoms with Crippen LogP contribution >= 0.6 is 43.2 Å². The molecule has 0 aliphatic rings. The zero-order valence-electron chi connectivity index (χ0n) is 10.3. The van der Waals surface area contributed by atoms with E-state index in [-0.39, 0.29) is 6.04 Å². The third-order valence-corrected chi connectivity index (χ3v) is 5.56. The Morgan fingerprint density at radius 3 is 2.65 bits per heavy atom. The molecule has 0 saturated carbocycles. The molecule has 0 bridgehead atoms. The molecule has 1 aromatic carbocycles. The van der Waals surface area contributed by atoms with Crippen molar-refractivity contribution in [3.63, 3.8) is 0 Å². The van der Waals surface area contributed by atoms with Crippen LogP contribution in [0.25, 0.3) is 10.8 Å². The number of benzene rings is 1. The smallest absolute Gasteiger partial charge is 0.0762 e. The van der Waals surface area contributed by atoms with Gasteiger partial charge in [0, 0.05) is 28.9 Å². The van der Waals surface area contributed by atoms with Crippen molar-refractivity contribution in [2.45, 2.75) is 6.04 Å². The molecule has 2 aromatic heterocycles. The molecule has 3 nitrogen and oxygen atoms in total. The zero-order valence-corrected chi connectivity index (χ0v) is 14.3. The minimum Gasteiger partial charge on any atom is -0.271 e. The van der Waals surface area contributed by atoms with E-state index in [1.807, 2.05) is 24.5 Å². The van der Waals surface area contributed by atoms with E-state index in [0.29, 0.717) is 0 Å². The van der Waals surface area contributed by atoms with E-state index in [9.17, 15) is 0 Å². The summed E-state index contributed by atoms with van der Waals surface area (Å²) < 4.78 is 2.12. The number of hydrogen-bond donors (Lipinski definition) is 2. The molecule has 0 fully saturated rings. The summed E-state index contributed by atoms with van der Waals surface area (Å²) >= 11 is 8.73. The molecule has 3 aromatic rings. The lowest BCUT2D eigenvalue weighted by Crippen LogP contribution is -2.29. The molecular formula is C14H11Br2N3S. The molecule has 0 spiro atoms. The van der Waals surface area contributed by atoms with Crippen molar-refractivity contribution in [3.8, 4) is 0 Å². The maximum Gasteiger partial charge on any atom is 0.0762 e. The second-order valence-electron chi connectivity index (χ2n) is 4.33. The molecule has 0 aliphatic heterocycles. The van der Waals surface area contributed by atoms with Crippen LogP contribution in [0.5, 0.6) is 0 Å². The summed E-state index contributed by atoms with van der Waals surface area (Å²) in [7, 11) is 0. The SMILES string of the molecule is NNC(c1cc(Br)sc1Br)c1cncc2ccccc12. The first-order chi connectivity index (χ1) is 9.70. The first-order valence-electron chi connectivity index (χ1n) is 5.94. The summed E-state index contributed by atoms with van der Waals surface area (Å²) in [6.45, 7) is 0. The van der Waals surface area contributed by atoms with E-state index in [4.69, 9.17) is 5.84 Å². The standard InChI is InChI=1S/C14H11Br2N3S/c15-12-5-10(14(16)20-12)13(19-17)11-7-18-6-8-3-1-2-4-9(8)11/h1-7,13,19H,17H2. The Morgan fingerprint density at radius 2 is 1.95 bits per heavy atom. The Balaban J connectivity index is 2.19. The first-order valence-corrected chi connectivity index (χ1v) is 8.34. The largest absolute Gasteiger partial charge is 0.271 e. The van der Waals surface area contributed by atoms with Gasteiger partial charge in [0.1, 0.15) is 0 Å². The van der Waals surface area contributed by atoms with Gasteiger partial charge in [0.25, 0.3) is 0 Å². The molecule has 0 saturated heterocycles. The molecule has 6 heteroatoms. The summed E-state index contributed by atoms with van der Waals surface area (Å²) in [6.07, 6.45) is 3.73. The van der Waals surface area contributed by atoms with Crippen LogP contribution in [0.3, 0.4) is 0 Å². The van der Waals surface area contributed by atoms with Gasteiger partial charge in [-0.15, -0.1) is 11.3 Å². The fourth-order valence-corrected chi connectivity index (χ4v) is 5.17. The number of nitrogens with zero attached hydrogens (tertiary/aromatic N) is 1. The normalized spacial score (nSPS) is 12.8. The third kappa shape index (κ3) is 2.54. The molecule has 102 valence electrons. The lowest BCUT2D eigenvalue weighted by Gasteiger charge is -2.17. The van der Waals surface area contributed by atoms with Crippen molar-refractivity contribution in [2.75, 3.05) is 0 Å². The summed E-state index contributed by atoms with van der Waals surface area (Å²) in [6, 6.07) is 10.1. The van der Waals surface area contributed by atoms with E-state index in [2.05, 4.69) is 60.5 Å². The highest BCUT2D eigenvalue weighted by Gasteiger charge is 2.20. The molecule has 3 N–H and O–H groups in total. The van der Waals surface area contributed by atoms with Gasteiger partial charge in [0.05, 0.1) is 13.6 Å². The molecule has 1 atom stereocenters. The van der Waals surface area contributed by atoms with Gasteiger partial charge in [-0.2, -0.15) is 0 Å². The Labute approximate surface area is 137 Å². The van der Waals surface area contributed by atoms with Crippen LogP contribution < -0.4 is 11.3 Å². The topological polar surface area (TPSA) is 50.9 Å². The van der Waals surface area contributed by atoms with E-state index in [1.165, 1.54) is 0 Å². The zero-order chi connectivity index (χ0) is 14.1. The number of fused-ring (bicyclic) bond motifs is 1. The highest BCUT2D eigenvalue weighted by Crippen LogP contribution is 2.38. The molecular weight excluding hydrogens is 402 g/mol. The van der Waals surface area contributed by atoms with Gasteiger partial charge in [0.15, 0.2) is 0 Å². The van der Waals surface area contributed by atoms with Gasteiger partial charge in [-0.3, -0.25) is 10.8 Å². The number of thiophene rings is 1. The van der Waals surface area contributed by atoms with Gasteiger partial charge >= 0.3 is 0 Å². The van der Waals surface area contributed by atoms with Gasteiger partial charge in [-0.05, 0) is 43.3 Å². The number of hydrazine groups is 1. The quantitative estimate of drug-likeness (QED) is 0.495. The van der Waals surface area contributed by atoms with Crippen LogP contribution in [0, 0.1) is 0 Å². The van der Waals surface area contributed by atoms with Gasteiger partial charge < -0.3 is 0 Å². The molecule has 1 unspecified atom stereocenters. The number of nitrogens with two attached hydrogens (primary N) is 1. The lowest BCUT2D eigenvalue weighted by molar-refractivity contribution is 0.639. The number of hydrogen-bond acceptors (Lipinski definition) is 4. The highest BCUT2D eigenvalue weighted by molar-refractivity contribution is 9.12. The second-order valence-corrected chi connectivity index (χ2v) is 8.08. The fraction of sp³-hybridized carbons (Fsp3) is 0.0714. The first kappa shape index (κ1) is 14.2. The van der Waals surface area contributed by atoms with Crippen molar-refractivity contribution in [2.24, 2.45) is 5.84 Å². The molecule has 0 aliphatic carbocycles. The number of pyridine rings is 1. The van der Waals surface area contributed by atoms with Crippen molar-refractivity contribution >= 4 is 54.0 Å². The minimum absolute atomic E-state index is 0.106. The number of halogens is 2.